The SMILES string of the molecule is C[C@H]1Cc2ccccc2N1C(=O)CNc1ccccc1Oc1ccccc1. The van der Waals surface area contributed by atoms with Crippen molar-refractivity contribution in [2.75, 3.05) is 16.8 Å². The Hall–Kier alpha value is -3.27. The van der Waals surface area contributed by atoms with Crippen molar-refractivity contribution >= 4 is 17.3 Å². The van der Waals surface area contributed by atoms with Gasteiger partial charge in [-0.15, -0.1) is 0 Å². The number of anilines is 2. The Labute approximate surface area is 159 Å². The van der Waals surface area contributed by atoms with Crippen molar-refractivity contribution in [1.29, 1.82) is 0 Å². The minimum absolute atomic E-state index is 0.0574. The van der Waals surface area contributed by atoms with E-state index in [-0.39, 0.29) is 18.5 Å². The first-order valence-electron chi connectivity index (χ1n) is 9.18. The molecular weight excluding hydrogens is 336 g/mol. The van der Waals surface area contributed by atoms with Gasteiger partial charge in [0.05, 0.1) is 12.2 Å². The summed E-state index contributed by atoms with van der Waals surface area (Å²) in [7, 11) is 0. The number of para-hydroxylation sites is 4. The van der Waals surface area contributed by atoms with Crippen LogP contribution in [0, 0.1) is 0 Å². The summed E-state index contributed by atoms with van der Waals surface area (Å²) in [5.41, 5.74) is 3.05. The van der Waals surface area contributed by atoms with Gasteiger partial charge in [-0.05, 0) is 49.2 Å². The van der Waals surface area contributed by atoms with E-state index in [9.17, 15) is 4.79 Å². The van der Waals surface area contributed by atoms with Crippen LogP contribution in [-0.2, 0) is 11.2 Å². The van der Waals surface area contributed by atoms with Crippen LogP contribution >= 0.6 is 0 Å². The maximum atomic E-state index is 12.9. The molecule has 0 spiro atoms. The second-order valence-electron chi connectivity index (χ2n) is 6.71. The third-order valence-electron chi connectivity index (χ3n) is 4.76. The van der Waals surface area contributed by atoms with Crippen molar-refractivity contribution in [2.45, 2.75) is 19.4 Å². The highest BCUT2D eigenvalue weighted by atomic mass is 16.5. The maximum absolute atomic E-state index is 12.9. The lowest BCUT2D eigenvalue weighted by molar-refractivity contribution is -0.117. The summed E-state index contributed by atoms with van der Waals surface area (Å²) in [6.45, 7) is 2.30. The zero-order valence-corrected chi connectivity index (χ0v) is 15.3. The molecule has 0 aromatic heterocycles. The molecule has 0 bridgehead atoms. The van der Waals surface area contributed by atoms with E-state index in [1.807, 2.05) is 77.7 Å². The van der Waals surface area contributed by atoms with Gasteiger partial charge in [-0.2, -0.15) is 0 Å². The van der Waals surface area contributed by atoms with Gasteiger partial charge in [0.1, 0.15) is 5.75 Å². The van der Waals surface area contributed by atoms with Gasteiger partial charge < -0.3 is 15.0 Å². The number of nitrogens with one attached hydrogen (secondary N) is 1. The van der Waals surface area contributed by atoms with Crippen LogP contribution in [-0.4, -0.2) is 18.5 Å². The number of carbonyl (C=O) groups excluding carboxylic acids is 1. The second-order valence-corrected chi connectivity index (χ2v) is 6.71. The van der Waals surface area contributed by atoms with Crippen LogP contribution in [0.2, 0.25) is 0 Å². The van der Waals surface area contributed by atoms with E-state index in [1.165, 1.54) is 5.56 Å². The maximum Gasteiger partial charge on any atom is 0.246 e. The standard InChI is InChI=1S/C23H22N2O2/c1-17-15-18-9-5-7-13-21(18)25(17)23(26)16-24-20-12-6-8-14-22(20)27-19-10-3-2-4-11-19/h2-14,17,24H,15-16H2,1H3/t17-/m0/s1. The molecule has 27 heavy (non-hydrogen) atoms. The summed E-state index contributed by atoms with van der Waals surface area (Å²) < 4.78 is 5.96. The molecule has 1 atom stereocenters. The first-order chi connectivity index (χ1) is 13.2. The number of fused-ring (bicyclic) bond motifs is 1. The van der Waals surface area contributed by atoms with E-state index in [1.54, 1.807) is 0 Å². The molecule has 0 unspecified atom stereocenters. The molecule has 3 aromatic carbocycles. The lowest BCUT2D eigenvalue weighted by Crippen LogP contribution is -2.39. The zero-order valence-electron chi connectivity index (χ0n) is 15.3. The highest BCUT2D eigenvalue weighted by molar-refractivity contribution is 5.98. The average Bonchev–Trinajstić information content (AvgIpc) is 3.03. The molecule has 1 amide bonds. The molecule has 4 heteroatoms. The Kier molecular flexibility index (Phi) is 4.79. The van der Waals surface area contributed by atoms with Gasteiger partial charge in [0.25, 0.3) is 0 Å². The van der Waals surface area contributed by atoms with Crippen molar-refractivity contribution in [3.63, 3.8) is 0 Å². The first kappa shape index (κ1) is 17.2. The minimum atomic E-state index is 0.0574. The molecule has 136 valence electrons. The van der Waals surface area contributed by atoms with Crippen molar-refractivity contribution in [3.05, 3.63) is 84.4 Å². The van der Waals surface area contributed by atoms with E-state index in [0.717, 1.165) is 23.5 Å². The number of carbonyl (C=O) groups is 1. The predicted octanol–water partition coefficient (Wildman–Crippen LogP) is 4.87. The Morgan fingerprint density at radius 1 is 1.00 bits per heavy atom. The number of benzene rings is 3. The fourth-order valence-electron chi connectivity index (χ4n) is 3.52. The number of rotatable bonds is 5. The van der Waals surface area contributed by atoms with Crippen molar-refractivity contribution in [2.24, 2.45) is 0 Å². The number of amides is 1. The third-order valence-corrected chi connectivity index (χ3v) is 4.76. The Balaban J connectivity index is 1.47. The van der Waals surface area contributed by atoms with Crippen LogP contribution in [0.25, 0.3) is 0 Å². The minimum Gasteiger partial charge on any atom is -0.455 e. The van der Waals surface area contributed by atoms with Gasteiger partial charge in [0, 0.05) is 11.7 Å². The Bertz CT molecular complexity index is 940. The van der Waals surface area contributed by atoms with Crippen molar-refractivity contribution in [1.82, 2.24) is 0 Å². The summed E-state index contributed by atoms with van der Waals surface area (Å²) in [5, 5.41) is 3.25. The van der Waals surface area contributed by atoms with E-state index in [4.69, 9.17) is 4.74 Å². The summed E-state index contributed by atoms with van der Waals surface area (Å²) in [4.78, 5) is 14.8. The summed E-state index contributed by atoms with van der Waals surface area (Å²) >= 11 is 0. The van der Waals surface area contributed by atoms with E-state index >= 15 is 0 Å². The van der Waals surface area contributed by atoms with Gasteiger partial charge >= 0.3 is 0 Å². The predicted molar refractivity (Wildman–Crippen MR) is 109 cm³/mol. The van der Waals surface area contributed by atoms with Gasteiger partial charge in [0.2, 0.25) is 5.91 Å². The topological polar surface area (TPSA) is 41.6 Å². The van der Waals surface area contributed by atoms with E-state index < -0.39 is 0 Å². The zero-order chi connectivity index (χ0) is 18.6. The molecule has 1 N–H and O–H groups in total. The molecule has 0 saturated carbocycles. The van der Waals surface area contributed by atoms with Crippen molar-refractivity contribution in [3.8, 4) is 11.5 Å². The fraction of sp³-hybridized carbons (Fsp3) is 0.174. The number of ether oxygens (including phenoxy) is 1. The van der Waals surface area contributed by atoms with Crippen LogP contribution in [0.15, 0.2) is 78.9 Å². The van der Waals surface area contributed by atoms with Gasteiger partial charge in [0.15, 0.2) is 5.75 Å². The summed E-state index contributed by atoms with van der Waals surface area (Å²) in [6, 6.07) is 25.6. The third kappa shape index (κ3) is 3.65. The van der Waals surface area contributed by atoms with Gasteiger partial charge in [-0.1, -0.05) is 48.5 Å². The number of nitrogens with zero attached hydrogens (tertiary/aromatic N) is 1. The van der Waals surface area contributed by atoms with Gasteiger partial charge in [-0.3, -0.25) is 4.79 Å². The van der Waals surface area contributed by atoms with Crippen LogP contribution in [0.4, 0.5) is 11.4 Å². The van der Waals surface area contributed by atoms with Crippen LogP contribution < -0.4 is 15.0 Å². The molecule has 1 heterocycles. The molecule has 0 saturated heterocycles. The molecule has 3 aromatic rings. The fourth-order valence-corrected chi connectivity index (χ4v) is 3.52. The first-order valence-corrected chi connectivity index (χ1v) is 9.18. The molecule has 4 rings (SSSR count). The summed E-state index contributed by atoms with van der Waals surface area (Å²) in [6.07, 6.45) is 0.898. The van der Waals surface area contributed by atoms with E-state index in [2.05, 4.69) is 18.3 Å². The highest BCUT2D eigenvalue weighted by Gasteiger charge is 2.30. The van der Waals surface area contributed by atoms with Crippen LogP contribution in [0.5, 0.6) is 11.5 Å². The van der Waals surface area contributed by atoms with Crippen LogP contribution in [0.3, 0.4) is 0 Å². The monoisotopic (exact) mass is 358 g/mol. The van der Waals surface area contributed by atoms with Crippen LogP contribution in [0.1, 0.15) is 12.5 Å². The van der Waals surface area contributed by atoms with Gasteiger partial charge in [-0.25, -0.2) is 0 Å². The highest BCUT2D eigenvalue weighted by Crippen LogP contribution is 2.32. The lowest BCUT2D eigenvalue weighted by Gasteiger charge is -2.23. The molecule has 1 aliphatic heterocycles. The smallest absolute Gasteiger partial charge is 0.246 e. The van der Waals surface area contributed by atoms with Crippen molar-refractivity contribution < 1.29 is 9.53 Å². The summed E-state index contributed by atoms with van der Waals surface area (Å²) in [5.74, 6) is 1.52. The molecule has 1 aliphatic rings. The Morgan fingerprint density at radius 2 is 1.70 bits per heavy atom. The molecular formula is C23H22N2O2. The molecule has 4 nitrogen and oxygen atoms in total. The largest absolute Gasteiger partial charge is 0.455 e. The quantitative estimate of drug-likeness (QED) is 0.707. The molecule has 0 aliphatic carbocycles. The van der Waals surface area contributed by atoms with E-state index in [0.29, 0.717) is 5.75 Å². The average molecular weight is 358 g/mol. The normalized spacial score (nSPS) is 15.3. The number of hydrogen-bond donors (Lipinski definition) is 1. The molecule has 0 radical (unpaired) electrons. The lowest BCUT2D eigenvalue weighted by atomic mass is 10.1. The second kappa shape index (κ2) is 7.54. The molecule has 0 fully saturated rings. The number of hydrogen-bond acceptors (Lipinski definition) is 3. The Morgan fingerprint density at radius 3 is 2.56 bits per heavy atom.